The molecule has 0 aliphatic heterocycles. The Kier molecular flexibility index (Phi) is 8.35. The molecule has 15 heavy (non-hydrogen) atoms. The number of ketones is 1. The minimum absolute atomic E-state index is 0.446. The molecule has 0 radical (unpaired) electrons. The van der Waals surface area contributed by atoms with Gasteiger partial charge >= 0.3 is 0 Å². The van der Waals surface area contributed by atoms with E-state index in [4.69, 9.17) is 0 Å². The number of unbranched alkanes of at least 4 members (excludes halogenated alkanes) is 1. The van der Waals surface area contributed by atoms with Crippen molar-refractivity contribution in [3.63, 3.8) is 0 Å². The van der Waals surface area contributed by atoms with E-state index in [0.29, 0.717) is 11.7 Å². The summed E-state index contributed by atoms with van der Waals surface area (Å²) in [5, 5.41) is 0. The van der Waals surface area contributed by atoms with Gasteiger partial charge in [0.15, 0.2) is 0 Å². The lowest BCUT2D eigenvalue weighted by Gasteiger charge is -2.08. The van der Waals surface area contributed by atoms with Gasteiger partial charge in [-0.2, -0.15) is 0 Å². The van der Waals surface area contributed by atoms with E-state index in [2.05, 4.69) is 33.8 Å². The van der Waals surface area contributed by atoms with E-state index in [1.807, 2.05) is 0 Å². The Morgan fingerprint density at radius 1 is 1.33 bits per heavy atom. The molecule has 1 heteroatoms. The van der Waals surface area contributed by atoms with Crippen molar-refractivity contribution in [1.29, 1.82) is 0 Å². The molecule has 0 aliphatic carbocycles. The fourth-order valence-electron chi connectivity index (χ4n) is 1.62. The summed E-state index contributed by atoms with van der Waals surface area (Å²) in [5.74, 6) is 0.992. The zero-order chi connectivity index (χ0) is 11.7. The maximum atomic E-state index is 11.5. The number of allylic oxidation sites excluding steroid dienone is 2. The molecular formula is C14H26O. The van der Waals surface area contributed by atoms with Crippen LogP contribution in [-0.2, 0) is 4.79 Å². The van der Waals surface area contributed by atoms with Crippen LogP contribution in [0.25, 0.3) is 0 Å². The number of carbonyl (C=O) groups excluding carboxylic acids is 1. The normalized spacial score (nSPS) is 12.3. The van der Waals surface area contributed by atoms with E-state index in [9.17, 15) is 4.79 Å². The predicted molar refractivity (Wildman–Crippen MR) is 67.0 cm³/mol. The third kappa shape index (κ3) is 9.71. The Hall–Kier alpha value is -0.590. The number of hydrogen-bond donors (Lipinski definition) is 0. The Morgan fingerprint density at radius 3 is 2.53 bits per heavy atom. The smallest absolute Gasteiger partial charge is 0.133 e. The molecule has 1 atom stereocenters. The van der Waals surface area contributed by atoms with Crippen molar-refractivity contribution in [1.82, 2.24) is 0 Å². The first-order chi connectivity index (χ1) is 7.06. The van der Waals surface area contributed by atoms with Crippen LogP contribution in [0.15, 0.2) is 11.6 Å². The fourth-order valence-corrected chi connectivity index (χ4v) is 1.62. The van der Waals surface area contributed by atoms with Gasteiger partial charge in [0.2, 0.25) is 0 Å². The molecule has 0 aromatic carbocycles. The van der Waals surface area contributed by atoms with Crippen LogP contribution in [0.3, 0.4) is 0 Å². The van der Waals surface area contributed by atoms with Crippen LogP contribution >= 0.6 is 0 Å². The molecule has 0 unspecified atom stereocenters. The second-order valence-corrected chi connectivity index (χ2v) is 4.81. The molecule has 0 rings (SSSR count). The van der Waals surface area contributed by atoms with Crippen LogP contribution in [0, 0.1) is 5.92 Å². The molecule has 0 saturated carbocycles. The van der Waals surface area contributed by atoms with Gasteiger partial charge in [0.1, 0.15) is 5.78 Å². The average molecular weight is 210 g/mol. The molecule has 1 nitrogen and oxygen atoms in total. The molecule has 0 heterocycles. The van der Waals surface area contributed by atoms with Crippen molar-refractivity contribution in [2.45, 2.75) is 66.2 Å². The van der Waals surface area contributed by atoms with Gasteiger partial charge in [0.05, 0.1) is 0 Å². The first kappa shape index (κ1) is 14.4. The van der Waals surface area contributed by atoms with E-state index in [0.717, 1.165) is 38.5 Å². The van der Waals surface area contributed by atoms with E-state index in [-0.39, 0.29) is 0 Å². The molecule has 0 spiro atoms. The van der Waals surface area contributed by atoms with Gasteiger partial charge in [-0.1, -0.05) is 31.9 Å². The van der Waals surface area contributed by atoms with Crippen LogP contribution in [0.4, 0.5) is 0 Å². The lowest BCUT2D eigenvalue weighted by atomic mass is 9.96. The molecular weight excluding hydrogens is 184 g/mol. The summed E-state index contributed by atoms with van der Waals surface area (Å²) in [4.78, 5) is 11.5. The molecule has 0 amide bonds. The van der Waals surface area contributed by atoms with Crippen molar-refractivity contribution >= 4 is 5.78 Å². The Morgan fingerprint density at radius 2 is 2.00 bits per heavy atom. The van der Waals surface area contributed by atoms with E-state index in [1.54, 1.807) is 0 Å². The lowest BCUT2D eigenvalue weighted by Crippen LogP contribution is -2.05. The maximum Gasteiger partial charge on any atom is 0.133 e. The van der Waals surface area contributed by atoms with Gasteiger partial charge in [-0.25, -0.2) is 0 Å². The lowest BCUT2D eigenvalue weighted by molar-refractivity contribution is -0.120. The number of rotatable bonds is 8. The monoisotopic (exact) mass is 210 g/mol. The summed E-state index contributed by atoms with van der Waals surface area (Å²) in [6.07, 6.45) is 8.25. The highest BCUT2D eigenvalue weighted by molar-refractivity contribution is 5.78. The van der Waals surface area contributed by atoms with E-state index in [1.165, 1.54) is 5.57 Å². The van der Waals surface area contributed by atoms with Crippen LogP contribution in [-0.4, -0.2) is 5.78 Å². The quantitative estimate of drug-likeness (QED) is 0.538. The van der Waals surface area contributed by atoms with Gasteiger partial charge in [-0.05, 0) is 39.0 Å². The van der Waals surface area contributed by atoms with Gasteiger partial charge in [0, 0.05) is 12.8 Å². The van der Waals surface area contributed by atoms with Crippen LogP contribution in [0.2, 0.25) is 0 Å². The van der Waals surface area contributed by atoms with Crippen LogP contribution in [0.5, 0.6) is 0 Å². The Balaban J connectivity index is 3.59. The Bertz CT molecular complexity index is 199. The first-order valence-electron chi connectivity index (χ1n) is 6.21. The molecule has 0 fully saturated rings. The maximum absolute atomic E-state index is 11.5. The minimum Gasteiger partial charge on any atom is -0.300 e. The summed E-state index contributed by atoms with van der Waals surface area (Å²) >= 11 is 0. The third-order valence-electron chi connectivity index (χ3n) is 2.60. The molecule has 0 saturated heterocycles. The second kappa shape index (κ2) is 8.70. The second-order valence-electron chi connectivity index (χ2n) is 4.81. The van der Waals surface area contributed by atoms with E-state index >= 15 is 0 Å². The molecule has 88 valence electrons. The highest BCUT2D eigenvalue weighted by Crippen LogP contribution is 2.14. The highest BCUT2D eigenvalue weighted by atomic mass is 16.1. The van der Waals surface area contributed by atoms with Gasteiger partial charge in [-0.3, -0.25) is 4.79 Å². The summed E-state index contributed by atoms with van der Waals surface area (Å²) in [7, 11) is 0. The Labute approximate surface area is 95.0 Å². The van der Waals surface area contributed by atoms with Crippen LogP contribution < -0.4 is 0 Å². The van der Waals surface area contributed by atoms with Crippen molar-refractivity contribution in [3.05, 3.63) is 11.6 Å². The zero-order valence-electron chi connectivity index (χ0n) is 10.8. The predicted octanol–water partition coefficient (Wildman–Crippen LogP) is 4.52. The van der Waals surface area contributed by atoms with Crippen molar-refractivity contribution in [3.8, 4) is 0 Å². The van der Waals surface area contributed by atoms with Gasteiger partial charge in [0.25, 0.3) is 0 Å². The third-order valence-corrected chi connectivity index (χ3v) is 2.60. The van der Waals surface area contributed by atoms with Crippen molar-refractivity contribution < 1.29 is 4.79 Å². The molecule has 0 N–H and O–H groups in total. The molecule has 0 bridgehead atoms. The number of hydrogen-bond acceptors (Lipinski definition) is 1. The van der Waals surface area contributed by atoms with E-state index < -0.39 is 0 Å². The highest BCUT2D eigenvalue weighted by Gasteiger charge is 2.07. The van der Waals surface area contributed by atoms with Gasteiger partial charge in [-0.15, -0.1) is 0 Å². The zero-order valence-corrected chi connectivity index (χ0v) is 10.8. The average Bonchev–Trinajstić information content (AvgIpc) is 2.14. The molecule has 0 aromatic rings. The van der Waals surface area contributed by atoms with Gasteiger partial charge < -0.3 is 0 Å². The summed E-state index contributed by atoms with van der Waals surface area (Å²) in [5.41, 5.74) is 1.37. The topological polar surface area (TPSA) is 17.1 Å². The summed E-state index contributed by atoms with van der Waals surface area (Å²) in [6.45, 7) is 8.56. The SMILES string of the molecule is CCCCC(=O)C[C@H](C)CCC=C(C)C. The fraction of sp³-hybridized carbons (Fsp3) is 0.786. The van der Waals surface area contributed by atoms with Crippen molar-refractivity contribution in [2.24, 2.45) is 5.92 Å². The molecule has 0 aliphatic rings. The van der Waals surface area contributed by atoms with Crippen LogP contribution in [0.1, 0.15) is 66.2 Å². The molecule has 0 aromatic heterocycles. The largest absolute Gasteiger partial charge is 0.300 e. The summed E-state index contributed by atoms with van der Waals surface area (Å²) < 4.78 is 0. The standard InChI is InChI=1S/C14H26O/c1-5-6-10-14(15)11-13(4)9-7-8-12(2)3/h8,13H,5-7,9-11H2,1-4H3/t13-/m1/s1. The van der Waals surface area contributed by atoms with Crippen molar-refractivity contribution in [2.75, 3.05) is 0 Å². The number of Topliss-reactive ketones (excluding diaryl/α,β-unsaturated/α-hetero) is 1. The number of carbonyl (C=O) groups is 1. The first-order valence-corrected chi connectivity index (χ1v) is 6.21. The minimum atomic E-state index is 0.446. The summed E-state index contributed by atoms with van der Waals surface area (Å²) in [6, 6.07) is 0.